The van der Waals surface area contributed by atoms with Gasteiger partial charge in [-0.25, -0.2) is 0 Å². The monoisotopic (exact) mass is 255 g/mol. The normalized spacial score (nSPS) is 28.9. The largest absolute Gasteiger partial charge is 0.393 e. The first-order valence-electron chi connectivity index (χ1n) is 6.26. The van der Waals surface area contributed by atoms with E-state index in [2.05, 4.69) is 5.32 Å². The van der Waals surface area contributed by atoms with Gasteiger partial charge in [0.2, 0.25) is 0 Å². The zero-order valence-electron chi connectivity index (χ0n) is 10.2. The summed E-state index contributed by atoms with van der Waals surface area (Å²) in [6.07, 6.45) is 3.63. The number of hydrogen-bond donors (Lipinski definition) is 3. The third-order valence-electron chi connectivity index (χ3n) is 3.48. The molecule has 1 unspecified atom stereocenters. The Morgan fingerprint density at radius 2 is 2.12 bits per heavy atom. The maximum atomic E-state index is 10.4. The molecule has 1 aromatic heterocycles. The molecule has 1 atom stereocenters. The van der Waals surface area contributed by atoms with Gasteiger partial charge in [0, 0.05) is 17.5 Å². The number of nitrogens with one attached hydrogen (secondary N) is 1. The maximum absolute atomic E-state index is 10.4. The van der Waals surface area contributed by atoms with Crippen LogP contribution in [0.1, 0.15) is 37.5 Å². The van der Waals surface area contributed by atoms with Crippen LogP contribution < -0.4 is 5.32 Å². The average Bonchev–Trinajstić information content (AvgIpc) is 2.82. The molecule has 3 nitrogen and oxygen atoms in total. The van der Waals surface area contributed by atoms with Crippen molar-refractivity contribution < 1.29 is 10.2 Å². The van der Waals surface area contributed by atoms with Crippen LogP contribution in [0.15, 0.2) is 17.5 Å². The fourth-order valence-corrected chi connectivity index (χ4v) is 3.08. The van der Waals surface area contributed by atoms with Crippen molar-refractivity contribution in [3.63, 3.8) is 0 Å². The zero-order valence-corrected chi connectivity index (χ0v) is 11.0. The fraction of sp³-hybridized carbons (Fsp3) is 0.692. The first-order chi connectivity index (χ1) is 8.08. The number of thiophene rings is 1. The summed E-state index contributed by atoms with van der Waals surface area (Å²) in [6.45, 7) is 2.43. The van der Waals surface area contributed by atoms with Gasteiger partial charge >= 0.3 is 0 Å². The van der Waals surface area contributed by atoms with Crippen LogP contribution in [0, 0.1) is 0 Å². The SMILES string of the molecule is CC(O)(CNC1CCC(O)CC1)c1cccs1. The molecule has 0 radical (unpaired) electrons. The Morgan fingerprint density at radius 1 is 1.41 bits per heavy atom. The predicted molar refractivity (Wildman–Crippen MR) is 70.2 cm³/mol. The third kappa shape index (κ3) is 3.52. The topological polar surface area (TPSA) is 52.5 Å². The number of hydrogen-bond acceptors (Lipinski definition) is 4. The van der Waals surface area contributed by atoms with E-state index in [9.17, 15) is 10.2 Å². The quantitative estimate of drug-likeness (QED) is 0.769. The Hall–Kier alpha value is -0.420. The lowest BCUT2D eigenvalue weighted by molar-refractivity contribution is 0.0513. The van der Waals surface area contributed by atoms with Crippen molar-refractivity contribution in [2.45, 2.75) is 50.4 Å². The average molecular weight is 255 g/mol. The summed E-state index contributed by atoms with van der Waals surface area (Å²) >= 11 is 1.59. The smallest absolute Gasteiger partial charge is 0.108 e. The Kier molecular flexibility index (Phi) is 4.20. The second-order valence-electron chi connectivity index (χ2n) is 5.14. The van der Waals surface area contributed by atoms with Crippen LogP contribution in [0.5, 0.6) is 0 Å². The highest BCUT2D eigenvalue weighted by Gasteiger charge is 2.26. The lowest BCUT2D eigenvalue weighted by Crippen LogP contribution is -2.42. The predicted octanol–water partition coefficient (Wildman–Crippen LogP) is 1.85. The van der Waals surface area contributed by atoms with E-state index in [1.807, 2.05) is 24.4 Å². The van der Waals surface area contributed by atoms with E-state index in [-0.39, 0.29) is 6.10 Å². The summed E-state index contributed by atoms with van der Waals surface area (Å²) in [6, 6.07) is 4.37. The minimum atomic E-state index is -0.787. The molecule has 0 saturated heterocycles. The van der Waals surface area contributed by atoms with Gasteiger partial charge in [0.15, 0.2) is 0 Å². The number of aliphatic hydroxyl groups is 2. The van der Waals surface area contributed by atoms with Crippen molar-refractivity contribution in [1.29, 1.82) is 0 Å². The molecule has 4 heteroatoms. The molecule has 1 heterocycles. The third-order valence-corrected chi connectivity index (χ3v) is 4.61. The van der Waals surface area contributed by atoms with Gasteiger partial charge in [0.05, 0.1) is 6.10 Å². The lowest BCUT2D eigenvalue weighted by atomic mass is 9.92. The molecule has 0 aromatic carbocycles. The van der Waals surface area contributed by atoms with Crippen molar-refractivity contribution in [1.82, 2.24) is 5.32 Å². The van der Waals surface area contributed by atoms with E-state index in [4.69, 9.17) is 0 Å². The summed E-state index contributed by atoms with van der Waals surface area (Å²) in [7, 11) is 0. The van der Waals surface area contributed by atoms with Crippen LogP contribution in [0.4, 0.5) is 0 Å². The van der Waals surface area contributed by atoms with E-state index >= 15 is 0 Å². The van der Waals surface area contributed by atoms with Crippen molar-refractivity contribution in [3.8, 4) is 0 Å². The molecule has 3 N–H and O–H groups in total. The van der Waals surface area contributed by atoms with Crippen LogP contribution >= 0.6 is 11.3 Å². The molecule has 1 aliphatic carbocycles. The lowest BCUT2D eigenvalue weighted by Gasteiger charge is -2.30. The molecule has 0 spiro atoms. The Morgan fingerprint density at radius 3 is 2.71 bits per heavy atom. The van der Waals surface area contributed by atoms with E-state index < -0.39 is 5.60 Å². The summed E-state index contributed by atoms with van der Waals surface area (Å²) in [4.78, 5) is 1.00. The van der Waals surface area contributed by atoms with Crippen molar-refractivity contribution in [3.05, 3.63) is 22.4 Å². The minimum absolute atomic E-state index is 0.120. The van der Waals surface area contributed by atoms with Crippen LogP contribution in [-0.4, -0.2) is 28.9 Å². The van der Waals surface area contributed by atoms with Gasteiger partial charge in [-0.15, -0.1) is 11.3 Å². The van der Waals surface area contributed by atoms with E-state index in [1.165, 1.54) is 0 Å². The molecular weight excluding hydrogens is 234 g/mol. The van der Waals surface area contributed by atoms with Crippen molar-refractivity contribution in [2.75, 3.05) is 6.54 Å². The molecular formula is C13H21NO2S. The van der Waals surface area contributed by atoms with Crippen LogP contribution in [-0.2, 0) is 5.60 Å². The van der Waals surface area contributed by atoms with Crippen LogP contribution in [0.25, 0.3) is 0 Å². The van der Waals surface area contributed by atoms with Gasteiger partial charge in [-0.3, -0.25) is 0 Å². The van der Waals surface area contributed by atoms with Crippen LogP contribution in [0.3, 0.4) is 0 Å². The zero-order chi connectivity index (χ0) is 12.3. The molecule has 1 aromatic rings. The van der Waals surface area contributed by atoms with Gasteiger partial charge in [-0.2, -0.15) is 0 Å². The van der Waals surface area contributed by atoms with Gasteiger partial charge in [-0.05, 0) is 44.1 Å². The Labute approximate surface area is 106 Å². The first kappa shape index (κ1) is 13.0. The Balaban J connectivity index is 1.81. The van der Waals surface area contributed by atoms with E-state index in [1.54, 1.807) is 11.3 Å². The molecule has 17 heavy (non-hydrogen) atoms. The molecule has 1 saturated carbocycles. The summed E-state index contributed by atoms with van der Waals surface area (Å²) in [5.41, 5.74) is -0.787. The maximum Gasteiger partial charge on any atom is 0.108 e. The van der Waals surface area contributed by atoms with Gasteiger partial charge in [0.1, 0.15) is 5.60 Å². The number of aliphatic hydroxyl groups excluding tert-OH is 1. The first-order valence-corrected chi connectivity index (χ1v) is 7.14. The fourth-order valence-electron chi connectivity index (χ4n) is 2.30. The highest BCUT2D eigenvalue weighted by molar-refractivity contribution is 7.10. The summed E-state index contributed by atoms with van der Waals surface area (Å²) < 4.78 is 0. The highest BCUT2D eigenvalue weighted by Crippen LogP contribution is 2.25. The summed E-state index contributed by atoms with van der Waals surface area (Å²) in [5.74, 6) is 0. The van der Waals surface area contributed by atoms with Crippen LogP contribution in [0.2, 0.25) is 0 Å². The molecule has 0 amide bonds. The molecule has 1 fully saturated rings. The standard InChI is InChI=1S/C13H21NO2S/c1-13(16,12-3-2-8-17-12)9-14-10-4-6-11(15)7-5-10/h2-3,8,10-11,14-16H,4-7,9H2,1H3. The van der Waals surface area contributed by atoms with Crippen molar-refractivity contribution >= 4 is 11.3 Å². The van der Waals surface area contributed by atoms with E-state index in [0.29, 0.717) is 12.6 Å². The van der Waals surface area contributed by atoms with Gasteiger partial charge < -0.3 is 15.5 Å². The molecule has 96 valence electrons. The minimum Gasteiger partial charge on any atom is -0.393 e. The summed E-state index contributed by atoms with van der Waals surface area (Å²) in [5, 5.41) is 25.2. The van der Waals surface area contributed by atoms with Gasteiger partial charge in [-0.1, -0.05) is 6.07 Å². The second kappa shape index (κ2) is 5.48. The Bertz CT molecular complexity index is 329. The molecule has 1 aliphatic rings. The van der Waals surface area contributed by atoms with E-state index in [0.717, 1.165) is 30.6 Å². The highest BCUT2D eigenvalue weighted by atomic mass is 32.1. The van der Waals surface area contributed by atoms with Gasteiger partial charge in [0.25, 0.3) is 0 Å². The van der Waals surface area contributed by atoms with Crippen molar-refractivity contribution in [2.24, 2.45) is 0 Å². The number of rotatable bonds is 4. The molecule has 2 rings (SSSR count). The molecule has 0 bridgehead atoms. The second-order valence-corrected chi connectivity index (χ2v) is 6.09. The molecule has 0 aliphatic heterocycles.